The largest absolute Gasteiger partial charge is 0.394 e. The van der Waals surface area contributed by atoms with Crippen LogP contribution in [0.25, 0.3) is 0 Å². The van der Waals surface area contributed by atoms with Crippen molar-refractivity contribution in [2.45, 2.75) is 283 Å². The second kappa shape index (κ2) is 50.7. The summed E-state index contributed by atoms with van der Waals surface area (Å²) in [7, 11) is 0. The molecule has 0 aliphatic carbocycles. The first kappa shape index (κ1) is 59.0. The molecule has 4 N–H and O–H groups in total. The van der Waals surface area contributed by atoms with Crippen molar-refractivity contribution >= 4 is 5.91 Å². The molecular formula is C56H103NO4. The Hall–Kier alpha value is -1.95. The lowest BCUT2D eigenvalue weighted by molar-refractivity contribution is -0.131. The molecule has 0 aromatic rings. The number of aliphatic hydroxyl groups is 3. The van der Waals surface area contributed by atoms with E-state index in [-0.39, 0.29) is 6.61 Å². The molecule has 61 heavy (non-hydrogen) atoms. The van der Waals surface area contributed by atoms with Gasteiger partial charge in [0.05, 0.1) is 18.8 Å². The van der Waals surface area contributed by atoms with Gasteiger partial charge in [-0.25, -0.2) is 0 Å². The Morgan fingerprint density at radius 3 is 1.13 bits per heavy atom. The average molecular weight is 854 g/mol. The lowest BCUT2D eigenvalue weighted by Gasteiger charge is -2.21. The molecule has 0 aliphatic heterocycles. The topological polar surface area (TPSA) is 89.8 Å². The molecule has 0 heterocycles. The molecule has 0 aliphatic rings. The van der Waals surface area contributed by atoms with Crippen molar-refractivity contribution < 1.29 is 20.1 Å². The molecule has 0 aromatic heterocycles. The monoisotopic (exact) mass is 854 g/mol. The maximum Gasteiger partial charge on any atom is 0.249 e. The first-order chi connectivity index (χ1) is 30.1. The molecule has 3 atom stereocenters. The molecule has 0 saturated carbocycles. The first-order valence-corrected chi connectivity index (χ1v) is 26.6. The fourth-order valence-corrected chi connectivity index (χ4v) is 7.90. The van der Waals surface area contributed by atoms with Crippen LogP contribution in [-0.4, -0.2) is 46.1 Å². The molecule has 0 fully saturated rings. The average Bonchev–Trinajstić information content (AvgIpc) is 3.26. The third-order valence-electron chi connectivity index (χ3n) is 12.1. The Balaban J connectivity index is 3.55. The molecule has 5 nitrogen and oxygen atoms in total. The molecular weight excluding hydrogens is 751 g/mol. The van der Waals surface area contributed by atoms with E-state index in [1.54, 1.807) is 6.08 Å². The van der Waals surface area contributed by atoms with E-state index in [4.69, 9.17) is 0 Å². The van der Waals surface area contributed by atoms with E-state index in [0.29, 0.717) is 6.42 Å². The summed E-state index contributed by atoms with van der Waals surface area (Å²) in [6, 6.07) is -0.822. The second-order valence-corrected chi connectivity index (χ2v) is 18.1. The van der Waals surface area contributed by atoms with Crippen LogP contribution in [0.2, 0.25) is 0 Å². The summed E-state index contributed by atoms with van der Waals surface area (Å²) >= 11 is 0. The number of nitrogens with one attached hydrogen (secondary N) is 1. The minimum Gasteiger partial charge on any atom is -0.394 e. The SMILES string of the molecule is CCCCC/C=C/CC/C=C/CC/C=C/C(O)C(CO)NC(=O)C(O)CCCCCCCCCCCCCCCCCC/C=C\C/C=C\CCCCCCCCCCCCC. The van der Waals surface area contributed by atoms with E-state index >= 15 is 0 Å². The minimum atomic E-state index is -1.11. The van der Waals surface area contributed by atoms with Crippen LogP contribution in [-0.2, 0) is 4.79 Å². The first-order valence-electron chi connectivity index (χ1n) is 26.6. The summed E-state index contributed by atoms with van der Waals surface area (Å²) in [6.45, 7) is 4.14. The van der Waals surface area contributed by atoms with Gasteiger partial charge in [-0.05, 0) is 77.0 Å². The maximum absolute atomic E-state index is 12.5. The van der Waals surface area contributed by atoms with Gasteiger partial charge >= 0.3 is 0 Å². The van der Waals surface area contributed by atoms with Gasteiger partial charge in [0, 0.05) is 0 Å². The zero-order valence-corrected chi connectivity index (χ0v) is 40.5. The maximum atomic E-state index is 12.5. The second-order valence-electron chi connectivity index (χ2n) is 18.1. The fraction of sp³-hybridized carbons (Fsp3) is 0.804. The van der Waals surface area contributed by atoms with Crippen LogP contribution in [0.4, 0.5) is 0 Å². The highest BCUT2D eigenvalue weighted by atomic mass is 16.3. The fourth-order valence-electron chi connectivity index (χ4n) is 7.90. The predicted octanol–water partition coefficient (Wildman–Crippen LogP) is 16.2. The van der Waals surface area contributed by atoms with Gasteiger partial charge in [0.15, 0.2) is 0 Å². The van der Waals surface area contributed by atoms with Gasteiger partial charge in [-0.1, -0.05) is 248 Å². The zero-order chi connectivity index (χ0) is 44.4. The molecule has 0 aromatic carbocycles. The molecule has 356 valence electrons. The molecule has 0 bridgehead atoms. The van der Waals surface area contributed by atoms with Gasteiger partial charge < -0.3 is 20.6 Å². The number of carbonyl (C=O) groups is 1. The smallest absolute Gasteiger partial charge is 0.249 e. The lowest BCUT2D eigenvalue weighted by atomic mass is 10.0. The van der Waals surface area contributed by atoms with Gasteiger partial charge in [-0.3, -0.25) is 4.79 Å². The van der Waals surface area contributed by atoms with Crippen LogP contribution < -0.4 is 5.32 Å². The molecule has 0 spiro atoms. The van der Waals surface area contributed by atoms with Crippen LogP contribution >= 0.6 is 0 Å². The van der Waals surface area contributed by atoms with Crippen molar-refractivity contribution in [1.29, 1.82) is 0 Å². The Morgan fingerprint density at radius 1 is 0.410 bits per heavy atom. The number of aliphatic hydroxyl groups excluding tert-OH is 3. The highest BCUT2D eigenvalue weighted by molar-refractivity contribution is 5.80. The quantitative estimate of drug-likeness (QED) is 0.0363. The van der Waals surface area contributed by atoms with Crippen molar-refractivity contribution in [3.05, 3.63) is 60.8 Å². The van der Waals surface area contributed by atoms with E-state index in [2.05, 4.69) is 67.8 Å². The summed E-state index contributed by atoms with van der Waals surface area (Å²) in [5, 5.41) is 33.2. The Morgan fingerprint density at radius 2 is 0.721 bits per heavy atom. The van der Waals surface area contributed by atoms with Crippen molar-refractivity contribution in [2.75, 3.05) is 6.61 Å². The number of hydrogen-bond acceptors (Lipinski definition) is 4. The van der Waals surface area contributed by atoms with E-state index in [9.17, 15) is 20.1 Å². The van der Waals surface area contributed by atoms with Crippen LogP contribution in [0, 0.1) is 0 Å². The van der Waals surface area contributed by atoms with Crippen LogP contribution in [0.3, 0.4) is 0 Å². The van der Waals surface area contributed by atoms with Gasteiger partial charge in [0.2, 0.25) is 5.91 Å². The summed E-state index contributed by atoms with van der Waals surface area (Å²) in [4.78, 5) is 12.5. The molecule has 0 radical (unpaired) electrons. The number of rotatable bonds is 48. The Bertz CT molecular complexity index is 1030. The van der Waals surface area contributed by atoms with E-state index < -0.39 is 24.2 Å². The molecule has 3 unspecified atom stereocenters. The van der Waals surface area contributed by atoms with Crippen LogP contribution in [0.1, 0.15) is 264 Å². The summed E-state index contributed by atoms with van der Waals surface area (Å²) in [5.41, 5.74) is 0. The van der Waals surface area contributed by atoms with E-state index in [1.165, 1.54) is 193 Å². The van der Waals surface area contributed by atoms with Gasteiger partial charge in [-0.2, -0.15) is 0 Å². The number of carbonyl (C=O) groups excluding carboxylic acids is 1. The standard InChI is InChI=1S/C56H103NO4/c1-3-5-7-9-11-13-15-17-18-19-20-21-22-23-24-25-26-27-28-29-30-31-32-33-34-35-36-37-39-41-43-45-47-49-51-55(60)56(61)57-53(52-58)54(59)50-48-46-44-42-40-38-16-14-12-10-8-6-4-2/h12,14,22-23,25-26,40,42,48,50,53-55,58-60H,3-11,13,15-21,24,27-39,41,43-47,49,51-52H2,1-2H3,(H,57,61)/b14-12+,23-22-,26-25-,42-40+,50-48+. The molecule has 0 rings (SSSR count). The van der Waals surface area contributed by atoms with Crippen molar-refractivity contribution in [1.82, 2.24) is 5.32 Å². The highest BCUT2D eigenvalue weighted by Crippen LogP contribution is 2.16. The van der Waals surface area contributed by atoms with Crippen molar-refractivity contribution in [3.63, 3.8) is 0 Å². The summed E-state index contributed by atoms with van der Waals surface area (Å²) in [6.07, 6.45) is 68.7. The Kier molecular flexibility index (Phi) is 49.1. The number of unbranched alkanes of at least 4 members (excludes halogenated alkanes) is 32. The molecule has 5 heteroatoms. The highest BCUT2D eigenvalue weighted by Gasteiger charge is 2.22. The van der Waals surface area contributed by atoms with Crippen LogP contribution in [0.15, 0.2) is 60.8 Å². The van der Waals surface area contributed by atoms with Crippen molar-refractivity contribution in [2.24, 2.45) is 0 Å². The van der Waals surface area contributed by atoms with Gasteiger partial charge in [0.25, 0.3) is 0 Å². The Labute approximate surface area is 379 Å². The molecule has 1 amide bonds. The van der Waals surface area contributed by atoms with Crippen molar-refractivity contribution in [3.8, 4) is 0 Å². The third-order valence-corrected chi connectivity index (χ3v) is 12.1. The normalized spacial score (nSPS) is 13.9. The van der Waals surface area contributed by atoms with Gasteiger partial charge in [0.1, 0.15) is 6.10 Å². The summed E-state index contributed by atoms with van der Waals surface area (Å²) < 4.78 is 0. The predicted molar refractivity (Wildman–Crippen MR) is 268 cm³/mol. The van der Waals surface area contributed by atoms with E-state index in [0.717, 1.165) is 51.4 Å². The number of allylic oxidation sites excluding steroid dienone is 9. The van der Waals surface area contributed by atoms with E-state index in [1.807, 2.05) is 6.08 Å². The third kappa shape index (κ3) is 45.9. The minimum absolute atomic E-state index is 0.382. The lowest BCUT2D eigenvalue weighted by Crippen LogP contribution is -2.48. The summed E-state index contributed by atoms with van der Waals surface area (Å²) in [5.74, 6) is -0.518. The number of amides is 1. The van der Waals surface area contributed by atoms with Crippen LogP contribution in [0.5, 0.6) is 0 Å². The number of hydrogen-bond donors (Lipinski definition) is 4. The zero-order valence-electron chi connectivity index (χ0n) is 40.5. The van der Waals surface area contributed by atoms with Gasteiger partial charge in [-0.15, -0.1) is 0 Å². The molecule has 0 saturated heterocycles.